The van der Waals surface area contributed by atoms with E-state index in [2.05, 4.69) is 13.0 Å². The second-order valence-corrected chi connectivity index (χ2v) is 3.08. The Labute approximate surface area is 68.2 Å². The summed E-state index contributed by atoms with van der Waals surface area (Å²) in [6, 6.07) is 2.30. The van der Waals surface area contributed by atoms with Gasteiger partial charge in [0.2, 0.25) is 0 Å². The lowest BCUT2D eigenvalue weighted by Gasteiger charge is -2.13. The Morgan fingerprint density at radius 3 is 3.00 bits per heavy atom. The van der Waals surface area contributed by atoms with Crippen LogP contribution in [0.25, 0.3) is 0 Å². The van der Waals surface area contributed by atoms with Crippen molar-refractivity contribution in [3.05, 3.63) is 0 Å². The summed E-state index contributed by atoms with van der Waals surface area (Å²) in [7, 11) is 0. The van der Waals surface area contributed by atoms with Crippen LogP contribution in [-0.2, 0) is 4.74 Å². The summed E-state index contributed by atoms with van der Waals surface area (Å²) in [6.45, 7) is 2.90. The minimum Gasteiger partial charge on any atom is -0.377 e. The monoisotopic (exact) mass is 153 g/mol. The number of rotatable bonds is 3. The van der Waals surface area contributed by atoms with Crippen LogP contribution in [0.5, 0.6) is 0 Å². The summed E-state index contributed by atoms with van der Waals surface area (Å²) in [5.41, 5.74) is 0. The number of nitrogens with zero attached hydrogens (tertiary/aromatic N) is 1. The van der Waals surface area contributed by atoms with Crippen LogP contribution in [-0.4, -0.2) is 12.7 Å². The van der Waals surface area contributed by atoms with E-state index in [-0.39, 0.29) is 12.0 Å². The normalized spacial score (nSPS) is 30.2. The van der Waals surface area contributed by atoms with Crippen LogP contribution in [0.15, 0.2) is 0 Å². The summed E-state index contributed by atoms with van der Waals surface area (Å²) in [6.07, 6.45) is 4.56. The van der Waals surface area contributed by atoms with Crippen LogP contribution in [0.1, 0.15) is 32.6 Å². The van der Waals surface area contributed by atoms with Gasteiger partial charge in [-0.2, -0.15) is 5.26 Å². The summed E-state index contributed by atoms with van der Waals surface area (Å²) < 4.78 is 5.53. The zero-order valence-corrected chi connectivity index (χ0v) is 7.05. The minimum atomic E-state index is 0.168. The van der Waals surface area contributed by atoms with Crippen molar-refractivity contribution in [1.29, 1.82) is 5.26 Å². The van der Waals surface area contributed by atoms with Crippen LogP contribution < -0.4 is 0 Å². The third-order valence-corrected chi connectivity index (χ3v) is 2.15. The van der Waals surface area contributed by atoms with Gasteiger partial charge in [-0.05, 0) is 25.7 Å². The van der Waals surface area contributed by atoms with E-state index in [1.807, 2.05) is 0 Å². The Bertz CT molecular complexity index is 150. The molecule has 2 heteroatoms. The van der Waals surface area contributed by atoms with Crippen LogP contribution in [0.2, 0.25) is 0 Å². The first-order valence-electron chi connectivity index (χ1n) is 4.39. The quantitative estimate of drug-likeness (QED) is 0.622. The number of hydrogen-bond acceptors (Lipinski definition) is 2. The van der Waals surface area contributed by atoms with Crippen molar-refractivity contribution in [2.45, 2.75) is 38.7 Å². The van der Waals surface area contributed by atoms with Gasteiger partial charge in [-0.15, -0.1) is 0 Å². The lowest BCUT2D eigenvalue weighted by atomic mass is 10.1. The van der Waals surface area contributed by atoms with Crippen LogP contribution in [0.3, 0.4) is 0 Å². The van der Waals surface area contributed by atoms with Crippen molar-refractivity contribution in [2.24, 2.45) is 5.92 Å². The predicted octanol–water partition coefficient (Wildman–Crippen LogP) is 2.11. The van der Waals surface area contributed by atoms with Gasteiger partial charge < -0.3 is 4.74 Å². The second-order valence-electron chi connectivity index (χ2n) is 3.08. The van der Waals surface area contributed by atoms with Gasteiger partial charge in [0, 0.05) is 6.61 Å². The highest BCUT2D eigenvalue weighted by atomic mass is 16.5. The smallest absolute Gasteiger partial charge is 0.0733 e. The average Bonchev–Trinajstić information content (AvgIpc) is 2.47. The first-order valence-corrected chi connectivity index (χ1v) is 4.39. The Morgan fingerprint density at radius 2 is 2.36 bits per heavy atom. The molecule has 0 aromatic rings. The fraction of sp³-hybridized carbons (Fsp3) is 0.889. The van der Waals surface area contributed by atoms with Gasteiger partial charge in [0.25, 0.3) is 0 Å². The third kappa shape index (κ3) is 2.20. The van der Waals surface area contributed by atoms with Gasteiger partial charge in [0.05, 0.1) is 18.1 Å². The largest absolute Gasteiger partial charge is 0.377 e. The molecule has 1 aliphatic rings. The Kier molecular flexibility index (Phi) is 3.38. The molecule has 1 saturated carbocycles. The molecule has 1 aliphatic carbocycles. The van der Waals surface area contributed by atoms with E-state index in [1.165, 1.54) is 0 Å². The van der Waals surface area contributed by atoms with Gasteiger partial charge in [-0.25, -0.2) is 0 Å². The maximum absolute atomic E-state index is 8.71. The molecule has 0 saturated heterocycles. The van der Waals surface area contributed by atoms with Crippen molar-refractivity contribution in [1.82, 2.24) is 0 Å². The van der Waals surface area contributed by atoms with Gasteiger partial charge in [-0.3, -0.25) is 0 Å². The summed E-state index contributed by atoms with van der Waals surface area (Å²) in [5, 5.41) is 8.71. The molecule has 2 unspecified atom stereocenters. The fourth-order valence-electron chi connectivity index (χ4n) is 1.54. The molecule has 2 atom stereocenters. The number of ether oxygens (including phenoxy) is 1. The zero-order chi connectivity index (χ0) is 8.10. The van der Waals surface area contributed by atoms with E-state index >= 15 is 0 Å². The maximum atomic E-state index is 8.71. The summed E-state index contributed by atoms with van der Waals surface area (Å²) in [5.74, 6) is 0.168. The molecule has 62 valence electrons. The van der Waals surface area contributed by atoms with E-state index in [1.54, 1.807) is 0 Å². The van der Waals surface area contributed by atoms with Crippen molar-refractivity contribution < 1.29 is 4.74 Å². The van der Waals surface area contributed by atoms with Crippen molar-refractivity contribution in [3.63, 3.8) is 0 Å². The molecule has 0 aromatic heterocycles. The molecular formula is C9H15NO. The highest BCUT2D eigenvalue weighted by Gasteiger charge is 2.27. The van der Waals surface area contributed by atoms with Crippen LogP contribution in [0, 0.1) is 17.2 Å². The fourth-order valence-corrected chi connectivity index (χ4v) is 1.54. The van der Waals surface area contributed by atoms with E-state index < -0.39 is 0 Å². The van der Waals surface area contributed by atoms with E-state index in [0.29, 0.717) is 0 Å². The van der Waals surface area contributed by atoms with E-state index in [0.717, 1.165) is 32.3 Å². The number of hydrogen-bond donors (Lipinski definition) is 0. The van der Waals surface area contributed by atoms with Gasteiger partial charge in [-0.1, -0.05) is 6.92 Å². The molecule has 0 spiro atoms. The molecule has 0 heterocycles. The molecule has 2 nitrogen and oxygen atoms in total. The van der Waals surface area contributed by atoms with Gasteiger partial charge in [0.1, 0.15) is 0 Å². The Hall–Kier alpha value is -0.550. The molecule has 0 bridgehead atoms. The third-order valence-electron chi connectivity index (χ3n) is 2.15. The first-order chi connectivity index (χ1) is 5.38. The van der Waals surface area contributed by atoms with Crippen LogP contribution >= 0.6 is 0 Å². The molecule has 1 fully saturated rings. The molecule has 0 aliphatic heterocycles. The first kappa shape index (κ1) is 8.55. The zero-order valence-electron chi connectivity index (χ0n) is 7.05. The molecular weight excluding hydrogens is 138 g/mol. The Morgan fingerprint density at radius 1 is 1.55 bits per heavy atom. The second kappa shape index (κ2) is 4.35. The SMILES string of the molecule is CCCOC1CCCC1C#N. The maximum Gasteiger partial charge on any atom is 0.0733 e. The van der Waals surface area contributed by atoms with Crippen molar-refractivity contribution >= 4 is 0 Å². The predicted molar refractivity (Wildman–Crippen MR) is 43.0 cm³/mol. The highest BCUT2D eigenvalue weighted by Crippen LogP contribution is 2.27. The molecule has 0 aromatic carbocycles. The lowest BCUT2D eigenvalue weighted by Crippen LogP contribution is -2.17. The molecule has 11 heavy (non-hydrogen) atoms. The minimum absolute atomic E-state index is 0.168. The van der Waals surface area contributed by atoms with Crippen molar-refractivity contribution in [2.75, 3.05) is 6.61 Å². The highest BCUT2D eigenvalue weighted by molar-refractivity contribution is 4.93. The van der Waals surface area contributed by atoms with E-state index in [4.69, 9.17) is 10.00 Å². The standard InChI is InChI=1S/C9H15NO/c1-2-6-11-9-5-3-4-8(9)7-10/h8-9H,2-6H2,1H3. The molecule has 1 rings (SSSR count). The van der Waals surface area contributed by atoms with Crippen LogP contribution in [0.4, 0.5) is 0 Å². The topological polar surface area (TPSA) is 33.0 Å². The number of nitriles is 1. The Balaban J connectivity index is 2.27. The lowest BCUT2D eigenvalue weighted by molar-refractivity contribution is 0.0418. The molecule has 0 N–H and O–H groups in total. The van der Waals surface area contributed by atoms with Crippen molar-refractivity contribution in [3.8, 4) is 6.07 Å². The molecule has 0 amide bonds. The molecule has 0 radical (unpaired) electrons. The van der Waals surface area contributed by atoms with Gasteiger partial charge in [0.15, 0.2) is 0 Å². The average molecular weight is 153 g/mol. The summed E-state index contributed by atoms with van der Waals surface area (Å²) in [4.78, 5) is 0. The summed E-state index contributed by atoms with van der Waals surface area (Å²) >= 11 is 0. The van der Waals surface area contributed by atoms with Gasteiger partial charge >= 0.3 is 0 Å². The van der Waals surface area contributed by atoms with E-state index in [9.17, 15) is 0 Å².